The Bertz CT molecular complexity index is 804. The van der Waals surface area contributed by atoms with Crippen LogP contribution in [0.3, 0.4) is 0 Å². The summed E-state index contributed by atoms with van der Waals surface area (Å²) >= 11 is 0. The van der Waals surface area contributed by atoms with Gasteiger partial charge in [-0.1, -0.05) is 54.6 Å². The molecule has 22 heavy (non-hydrogen) atoms. The highest BCUT2D eigenvalue weighted by atomic mass is 32.2. The maximum absolute atomic E-state index is 12.5. The highest BCUT2D eigenvalue weighted by Crippen LogP contribution is 2.23. The minimum Gasteiger partial charge on any atom is -0.207 e. The van der Waals surface area contributed by atoms with E-state index in [-0.39, 0.29) is 10.5 Å². The van der Waals surface area contributed by atoms with Crippen molar-refractivity contribution in [3.8, 4) is 6.07 Å². The molecule has 1 N–H and O–H groups in total. The second-order valence-corrected chi connectivity index (χ2v) is 6.63. The van der Waals surface area contributed by atoms with Crippen molar-refractivity contribution in [2.75, 3.05) is 0 Å². The van der Waals surface area contributed by atoms with Crippen LogP contribution in [0.5, 0.6) is 0 Å². The van der Waals surface area contributed by atoms with Gasteiger partial charge in [-0.15, -0.1) is 0 Å². The van der Waals surface area contributed by atoms with Gasteiger partial charge in [-0.25, -0.2) is 8.42 Å². The Kier molecular flexibility index (Phi) is 4.76. The predicted octanol–water partition coefficient (Wildman–Crippen LogP) is 3.09. The quantitative estimate of drug-likeness (QED) is 0.862. The second kappa shape index (κ2) is 6.56. The number of hydrogen-bond donors (Lipinski definition) is 1. The Labute approximate surface area is 130 Å². The molecule has 112 valence electrons. The zero-order valence-electron chi connectivity index (χ0n) is 12.2. The van der Waals surface area contributed by atoms with Crippen LogP contribution in [0.2, 0.25) is 0 Å². The molecule has 0 radical (unpaired) electrons. The molecule has 2 aromatic rings. The van der Waals surface area contributed by atoms with Crippen LogP contribution in [0.25, 0.3) is 0 Å². The van der Waals surface area contributed by atoms with Gasteiger partial charge in [-0.2, -0.15) is 9.98 Å². The monoisotopic (exact) mass is 312 g/mol. The Morgan fingerprint density at radius 1 is 1.14 bits per heavy atom. The fourth-order valence-corrected chi connectivity index (χ4v) is 3.21. The van der Waals surface area contributed by atoms with Gasteiger partial charge >= 0.3 is 0 Å². The van der Waals surface area contributed by atoms with Crippen molar-refractivity contribution >= 4 is 10.0 Å². The molecule has 0 bridgehead atoms. The Hall–Kier alpha value is -2.42. The minimum atomic E-state index is -3.74. The molecular weight excluding hydrogens is 296 g/mol. The van der Waals surface area contributed by atoms with E-state index < -0.39 is 16.1 Å². The molecular formula is C17H16N2O2S. The van der Waals surface area contributed by atoms with Crippen LogP contribution in [-0.2, 0) is 10.0 Å². The normalized spacial score (nSPS) is 12.4. The van der Waals surface area contributed by atoms with Gasteiger partial charge in [-0.05, 0) is 24.6 Å². The molecule has 0 amide bonds. The van der Waals surface area contributed by atoms with E-state index in [0.717, 1.165) is 5.56 Å². The molecule has 4 nitrogen and oxygen atoms in total. The van der Waals surface area contributed by atoms with Crippen LogP contribution in [-0.4, -0.2) is 8.42 Å². The van der Waals surface area contributed by atoms with Gasteiger partial charge in [0, 0.05) is 5.57 Å². The highest BCUT2D eigenvalue weighted by Gasteiger charge is 2.23. The van der Waals surface area contributed by atoms with E-state index >= 15 is 0 Å². The molecule has 0 saturated carbocycles. The number of nitrogens with zero attached hydrogens (tertiary/aromatic N) is 1. The molecule has 2 aromatic carbocycles. The molecule has 5 heteroatoms. The summed E-state index contributed by atoms with van der Waals surface area (Å²) in [5, 5.41) is 9.09. The van der Waals surface area contributed by atoms with Crippen LogP contribution in [0, 0.1) is 18.3 Å². The number of nitrogens with one attached hydrogen (secondary N) is 1. The first-order valence-corrected chi connectivity index (χ1v) is 8.15. The summed E-state index contributed by atoms with van der Waals surface area (Å²) in [5.74, 6) is 0. The summed E-state index contributed by atoms with van der Waals surface area (Å²) in [4.78, 5) is 0.157. The van der Waals surface area contributed by atoms with Gasteiger partial charge in [0.15, 0.2) is 0 Å². The van der Waals surface area contributed by atoms with Crippen LogP contribution in [0.15, 0.2) is 71.6 Å². The number of aryl methyl sites for hydroxylation is 1. The Morgan fingerprint density at radius 2 is 1.73 bits per heavy atom. The van der Waals surface area contributed by atoms with Gasteiger partial charge in [0.2, 0.25) is 10.0 Å². The number of hydrogen-bond acceptors (Lipinski definition) is 3. The molecule has 0 aliphatic heterocycles. The first-order chi connectivity index (χ1) is 10.4. The predicted molar refractivity (Wildman–Crippen MR) is 85.4 cm³/mol. The summed E-state index contributed by atoms with van der Waals surface area (Å²) in [7, 11) is -3.74. The summed E-state index contributed by atoms with van der Waals surface area (Å²) in [6, 6.07) is 16.6. The largest absolute Gasteiger partial charge is 0.241 e. The maximum atomic E-state index is 12.5. The van der Waals surface area contributed by atoms with Gasteiger partial charge in [0.1, 0.15) is 0 Å². The van der Waals surface area contributed by atoms with E-state index in [1.807, 2.05) is 19.1 Å². The smallest absolute Gasteiger partial charge is 0.207 e. The van der Waals surface area contributed by atoms with Crippen molar-refractivity contribution in [3.63, 3.8) is 0 Å². The van der Waals surface area contributed by atoms with Crippen LogP contribution >= 0.6 is 0 Å². The SMILES string of the molecule is C=C(C#N)[C@H](NS(=O)(=O)c1ccc(C)cc1)c1ccccc1. The van der Waals surface area contributed by atoms with E-state index in [0.29, 0.717) is 5.56 Å². The Balaban J connectivity index is 2.37. The lowest BCUT2D eigenvalue weighted by molar-refractivity contribution is 0.572. The topological polar surface area (TPSA) is 70.0 Å². The number of rotatable bonds is 5. The maximum Gasteiger partial charge on any atom is 0.241 e. The number of nitriles is 1. The molecule has 0 fully saturated rings. The third kappa shape index (κ3) is 3.61. The van der Waals surface area contributed by atoms with Gasteiger partial charge < -0.3 is 0 Å². The fourth-order valence-electron chi connectivity index (χ4n) is 1.99. The lowest BCUT2D eigenvalue weighted by atomic mass is 10.0. The van der Waals surface area contributed by atoms with E-state index in [4.69, 9.17) is 5.26 Å². The lowest BCUT2D eigenvalue weighted by Crippen LogP contribution is -2.29. The van der Waals surface area contributed by atoms with Crippen molar-refractivity contribution in [2.24, 2.45) is 0 Å². The fraction of sp³-hybridized carbons (Fsp3) is 0.118. The summed E-state index contributed by atoms with van der Waals surface area (Å²) < 4.78 is 27.5. The van der Waals surface area contributed by atoms with Crippen molar-refractivity contribution in [3.05, 3.63) is 77.9 Å². The molecule has 0 aliphatic rings. The summed E-state index contributed by atoms with van der Waals surface area (Å²) in [5.41, 5.74) is 1.78. The van der Waals surface area contributed by atoms with Crippen LogP contribution in [0.1, 0.15) is 17.2 Å². The lowest BCUT2D eigenvalue weighted by Gasteiger charge is -2.18. The molecule has 0 saturated heterocycles. The van der Waals surface area contributed by atoms with Crippen molar-refractivity contribution in [1.29, 1.82) is 5.26 Å². The van der Waals surface area contributed by atoms with Crippen molar-refractivity contribution < 1.29 is 8.42 Å². The van der Waals surface area contributed by atoms with Gasteiger partial charge in [0.25, 0.3) is 0 Å². The molecule has 0 aromatic heterocycles. The van der Waals surface area contributed by atoms with E-state index in [1.54, 1.807) is 36.4 Å². The zero-order chi connectivity index (χ0) is 16.2. The molecule has 0 unspecified atom stereocenters. The van der Waals surface area contributed by atoms with E-state index in [9.17, 15) is 8.42 Å². The third-order valence-corrected chi connectivity index (χ3v) is 4.67. The average molecular weight is 312 g/mol. The van der Waals surface area contributed by atoms with E-state index in [1.165, 1.54) is 12.1 Å². The molecule has 2 rings (SSSR count). The highest BCUT2D eigenvalue weighted by molar-refractivity contribution is 7.89. The molecule has 0 heterocycles. The van der Waals surface area contributed by atoms with Crippen LogP contribution in [0.4, 0.5) is 0 Å². The molecule has 1 atom stereocenters. The molecule has 0 aliphatic carbocycles. The zero-order valence-corrected chi connectivity index (χ0v) is 13.0. The van der Waals surface area contributed by atoms with Crippen molar-refractivity contribution in [1.82, 2.24) is 4.72 Å². The van der Waals surface area contributed by atoms with Crippen LogP contribution < -0.4 is 4.72 Å². The first-order valence-electron chi connectivity index (χ1n) is 6.67. The van der Waals surface area contributed by atoms with Gasteiger partial charge in [0.05, 0.1) is 17.0 Å². The molecule has 0 spiro atoms. The number of sulfonamides is 1. The summed E-state index contributed by atoms with van der Waals surface area (Å²) in [6.45, 7) is 5.54. The number of benzene rings is 2. The standard InChI is InChI=1S/C17H16N2O2S/c1-13-8-10-16(11-9-13)22(20,21)19-17(14(2)12-18)15-6-4-3-5-7-15/h3-11,17,19H,2H2,1H3/t17-/m0/s1. The average Bonchev–Trinajstić information content (AvgIpc) is 2.53. The van der Waals surface area contributed by atoms with E-state index in [2.05, 4.69) is 11.3 Å². The van der Waals surface area contributed by atoms with Crippen molar-refractivity contribution in [2.45, 2.75) is 17.9 Å². The third-order valence-electron chi connectivity index (χ3n) is 3.23. The minimum absolute atomic E-state index is 0.141. The second-order valence-electron chi connectivity index (χ2n) is 4.92. The first kappa shape index (κ1) is 16.0. The Morgan fingerprint density at radius 3 is 2.27 bits per heavy atom. The summed E-state index contributed by atoms with van der Waals surface area (Å²) in [6.07, 6.45) is 0. The van der Waals surface area contributed by atoms with Gasteiger partial charge in [-0.3, -0.25) is 0 Å².